The molecule has 19 heavy (non-hydrogen) atoms. The Balaban J connectivity index is 3.22. The second kappa shape index (κ2) is 6.41. The zero-order chi connectivity index (χ0) is 14.6. The van der Waals surface area contributed by atoms with Crippen LogP contribution in [-0.2, 0) is 6.18 Å². The molecule has 0 aliphatic rings. The molecule has 2 nitrogen and oxygen atoms in total. The fourth-order valence-electron chi connectivity index (χ4n) is 1.78. The van der Waals surface area contributed by atoms with Crippen molar-refractivity contribution >= 4 is 21.8 Å². The molecule has 106 valence electrons. The van der Waals surface area contributed by atoms with Crippen molar-refractivity contribution in [3.63, 3.8) is 0 Å². The summed E-state index contributed by atoms with van der Waals surface area (Å²) >= 11 is 3.00. The van der Waals surface area contributed by atoms with Crippen LogP contribution in [0.4, 0.5) is 13.2 Å². The van der Waals surface area contributed by atoms with Crippen LogP contribution in [0.15, 0.2) is 22.7 Å². The van der Waals surface area contributed by atoms with Gasteiger partial charge in [0.25, 0.3) is 5.91 Å². The Morgan fingerprint density at radius 2 is 1.95 bits per heavy atom. The Bertz CT molecular complexity index is 460. The predicted molar refractivity (Wildman–Crippen MR) is 71.0 cm³/mol. The highest BCUT2D eigenvalue weighted by atomic mass is 79.9. The van der Waals surface area contributed by atoms with Gasteiger partial charge in [0.2, 0.25) is 0 Å². The first-order valence-corrected chi connectivity index (χ1v) is 6.76. The number of rotatable bonds is 4. The summed E-state index contributed by atoms with van der Waals surface area (Å²) in [5.41, 5.74) is -1.20. The maximum absolute atomic E-state index is 13.0. The highest BCUT2D eigenvalue weighted by molar-refractivity contribution is 9.10. The van der Waals surface area contributed by atoms with Crippen molar-refractivity contribution in [2.24, 2.45) is 0 Å². The Hall–Kier alpha value is -1.04. The van der Waals surface area contributed by atoms with E-state index in [2.05, 4.69) is 15.9 Å². The average molecular weight is 338 g/mol. The van der Waals surface area contributed by atoms with E-state index in [1.54, 1.807) is 6.92 Å². The number of hydrogen-bond donors (Lipinski definition) is 0. The van der Waals surface area contributed by atoms with E-state index >= 15 is 0 Å². The minimum atomic E-state index is -4.54. The minimum absolute atomic E-state index is 0.300. The zero-order valence-corrected chi connectivity index (χ0v) is 12.3. The van der Waals surface area contributed by atoms with Crippen molar-refractivity contribution in [1.82, 2.24) is 4.90 Å². The Kier molecular flexibility index (Phi) is 5.40. The summed E-state index contributed by atoms with van der Waals surface area (Å²) in [6.07, 6.45) is -3.84. The molecule has 0 aliphatic carbocycles. The molecule has 1 aromatic carbocycles. The topological polar surface area (TPSA) is 20.3 Å². The molecule has 0 saturated carbocycles. The quantitative estimate of drug-likeness (QED) is 0.800. The minimum Gasteiger partial charge on any atom is -0.339 e. The Morgan fingerprint density at radius 3 is 2.42 bits per heavy atom. The third-order valence-electron chi connectivity index (χ3n) is 2.68. The maximum atomic E-state index is 13.0. The second-order valence-electron chi connectivity index (χ2n) is 4.07. The first-order valence-electron chi connectivity index (χ1n) is 5.97. The first kappa shape index (κ1) is 16.0. The summed E-state index contributed by atoms with van der Waals surface area (Å²) in [5.74, 6) is -0.579. The molecule has 0 unspecified atom stereocenters. The van der Waals surface area contributed by atoms with Gasteiger partial charge in [0.15, 0.2) is 0 Å². The van der Waals surface area contributed by atoms with E-state index in [1.165, 1.54) is 17.0 Å². The van der Waals surface area contributed by atoms with Crippen LogP contribution in [0.25, 0.3) is 0 Å². The summed E-state index contributed by atoms with van der Waals surface area (Å²) in [6, 6.07) is 3.60. The van der Waals surface area contributed by atoms with Crippen LogP contribution in [0.1, 0.15) is 36.2 Å². The Labute approximate surface area is 118 Å². The molecule has 0 radical (unpaired) electrons. The van der Waals surface area contributed by atoms with Crippen LogP contribution < -0.4 is 0 Å². The predicted octanol–water partition coefficient (Wildman–Crippen LogP) is 4.34. The van der Waals surface area contributed by atoms with Gasteiger partial charge in [-0.05, 0) is 31.5 Å². The van der Waals surface area contributed by atoms with Crippen molar-refractivity contribution in [3.05, 3.63) is 33.8 Å². The number of amides is 1. The van der Waals surface area contributed by atoms with Crippen LogP contribution in [-0.4, -0.2) is 23.9 Å². The highest BCUT2D eigenvalue weighted by Gasteiger charge is 2.36. The van der Waals surface area contributed by atoms with E-state index in [0.717, 1.165) is 6.07 Å². The van der Waals surface area contributed by atoms with E-state index in [1.807, 2.05) is 6.92 Å². The summed E-state index contributed by atoms with van der Waals surface area (Å²) < 4.78 is 39.2. The lowest BCUT2D eigenvalue weighted by molar-refractivity contribution is -0.138. The Morgan fingerprint density at radius 1 is 1.32 bits per heavy atom. The smallest absolute Gasteiger partial charge is 0.339 e. The molecule has 0 heterocycles. The lowest BCUT2D eigenvalue weighted by atomic mass is 10.1. The van der Waals surface area contributed by atoms with Gasteiger partial charge in [-0.1, -0.05) is 22.9 Å². The molecule has 0 atom stereocenters. The fourth-order valence-corrected chi connectivity index (χ4v) is 2.14. The van der Waals surface area contributed by atoms with Crippen LogP contribution in [0.2, 0.25) is 0 Å². The van der Waals surface area contributed by atoms with Crippen molar-refractivity contribution in [2.45, 2.75) is 26.4 Å². The van der Waals surface area contributed by atoms with Gasteiger partial charge in [0.05, 0.1) is 11.1 Å². The largest absolute Gasteiger partial charge is 0.417 e. The standard InChI is InChI=1S/C13H15BrF3NO/c1-3-7-18(4-2)12(19)10-6-5-9(14)8-11(10)13(15,16)17/h5-6,8H,3-4,7H2,1-2H3. The second-order valence-corrected chi connectivity index (χ2v) is 4.99. The molecule has 6 heteroatoms. The zero-order valence-electron chi connectivity index (χ0n) is 10.7. The van der Waals surface area contributed by atoms with Crippen molar-refractivity contribution in [1.29, 1.82) is 0 Å². The molecule has 0 bridgehead atoms. The van der Waals surface area contributed by atoms with Gasteiger partial charge in [-0.3, -0.25) is 4.79 Å². The molecule has 0 aliphatic heterocycles. The van der Waals surface area contributed by atoms with Gasteiger partial charge in [-0.25, -0.2) is 0 Å². The van der Waals surface area contributed by atoms with Gasteiger partial charge in [-0.15, -0.1) is 0 Å². The molecule has 0 saturated heterocycles. The number of carbonyl (C=O) groups excluding carboxylic acids is 1. The molecule has 0 N–H and O–H groups in total. The van der Waals surface area contributed by atoms with E-state index < -0.39 is 17.6 Å². The molecule has 0 fully saturated rings. The molecule has 1 aromatic rings. The van der Waals surface area contributed by atoms with E-state index in [9.17, 15) is 18.0 Å². The SMILES string of the molecule is CCCN(CC)C(=O)c1ccc(Br)cc1C(F)(F)F. The van der Waals surface area contributed by atoms with Crippen molar-refractivity contribution < 1.29 is 18.0 Å². The van der Waals surface area contributed by atoms with Gasteiger partial charge >= 0.3 is 6.18 Å². The summed E-state index contributed by atoms with van der Waals surface area (Å²) in [7, 11) is 0. The van der Waals surface area contributed by atoms with Crippen molar-refractivity contribution in [3.8, 4) is 0 Å². The number of halogens is 4. The number of benzene rings is 1. The lowest BCUT2D eigenvalue weighted by Gasteiger charge is -2.22. The number of hydrogen-bond acceptors (Lipinski definition) is 1. The molecule has 0 spiro atoms. The third-order valence-corrected chi connectivity index (χ3v) is 3.17. The van der Waals surface area contributed by atoms with Crippen LogP contribution in [0.5, 0.6) is 0 Å². The van der Waals surface area contributed by atoms with Gasteiger partial charge in [-0.2, -0.15) is 13.2 Å². The fraction of sp³-hybridized carbons (Fsp3) is 0.462. The van der Waals surface area contributed by atoms with E-state index in [0.29, 0.717) is 24.0 Å². The monoisotopic (exact) mass is 337 g/mol. The van der Waals surface area contributed by atoms with Crippen LogP contribution in [0, 0.1) is 0 Å². The lowest BCUT2D eigenvalue weighted by Crippen LogP contribution is -2.33. The molecular weight excluding hydrogens is 323 g/mol. The maximum Gasteiger partial charge on any atom is 0.417 e. The number of carbonyl (C=O) groups is 1. The number of nitrogens with zero attached hydrogens (tertiary/aromatic N) is 1. The van der Waals surface area contributed by atoms with Gasteiger partial charge in [0, 0.05) is 17.6 Å². The molecular formula is C13H15BrF3NO. The van der Waals surface area contributed by atoms with E-state index in [4.69, 9.17) is 0 Å². The summed E-state index contributed by atoms with van der Waals surface area (Å²) in [4.78, 5) is 13.6. The van der Waals surface area contributed by atoms with E-state index in [-0.39, 0.29) is 5.56 Å². The molecule has 0 aromatic heterocycles. The normalized spacial score (nSPS) is 11.5. The number of alkyl halides is 3. The first-order chi connectivity index (χ1) is 8.81. The van der Waals surface area contributed by atoms with Crippen LogP contribution in [0.3, 0.4) is 0 Å². The summed E-state index contributed by atoms with van der Waals surface area (Å²) in [6.45, 7) is 4.46. The summed E-state index contributed by atoms with van der Waals surface area (Å²) in [5, 5.41) is 0. The highest BCUT2D eigenvalue weighted by Crippen LogP contribution is 2.34. The van der Waals surface area contributed by atoms with Gasteiger partial charge in [0.1, 0.15) is 0 Å². The van der Waals surface area contributed by atoms with Gasteiger partial charge < -0.3 is 4.90 Å². The third kappa shape index (κ3) is 3.96. The molecule has 1 amide bonds. The average Bonchev–Trinajstić information content (AvgIpc) is 2.34. The van der Waals surface area contributed by atoms with Crippen molar-refractivity contribution in [2.75, 3.05) is 13.1 Å². The molecule has 1 rings (SSSR count). The van der Waals surface area contributed by atoms with Crippen LogP contribution >= 0.6 is 15.9 Å².